The summed E-state index contributed by atoms with van der Waals surface area (Å²) in [5.41, 5.74) is 0. The largest absolute Gasteiger partial charge is 0.212 e. The van der Waals surface area contributed by atoms with Crippen LogP contribution in [0.15, 0.2) is 0 Å². The van der Waals surface area contributed by atoms with E-state index in [-0.39, 0.29) is 6.04 Å². The van der Waals surface area contributed by atoms with E-state index in [2.05, 4.69) is 13.8 Å². The van der Waals surface area contributed by atoms with Gasteiger partial charge >= 0.3 is 0 Å². The van der Waals surface area contributed by atoms with Gasteiger partial charge in [0.25, 0.3) is 0 Å². The van der Waals surface area contributed by atoms with Crippen LogP contribution in [0.25, 0.3) is 0 Å². The Kier molecular flexibility index (Phi) is 4.80. The van der Waals surface area contributed by atoms with Crippen LogP contribution in [0.4, 0.5) is 0 Å². The maximum Gasteiger partial charge on any atom is 0.211 e. The number of hydrogen-bond donors (Lipinski definition) is 0. The van der Waals surface area contributed by atoms with Crippen molar-refractivity contribution >= 4 is 10.0 Å². The van der Waals surface area contributed by atoms with Gasteiger partial charge in [0.1, 0.15) is 0 Å². The second kappa shape index (κ2) is 5.50. The van der Waals surface area contributed by atoms with E-state index in [1.54, 1.807) is 4.31 Å². The van der Waals surface area contributed by atoms with Crippen molar-refractivity contribution in [2.24, 2.45) is 11.8 Å². The highest BCUT2D eigenvalue weighted by molar-refractivity contribution is 7.88. The molecular weight excluding hydrogens is 222 g/mol. The Morgan fingerprint density at radius 2 is 1.75 bits per heavy atom. The molecule has 3 nitrogen and oxygen atoms in total. The Bertz CT molecular complexity index is 307. The van der Waals surface area contributed by atoms with E-state index >= 15 is 0 Å². The molecule has 0 unspecified atom stereocenters. The van der Waals surface area contributed by atoms with Crippen LogP contribution >= 0.6 is 0 Å². The summed E-state index contributed by atoms with van der Waals surface area (Å²) in [6.07, 6.45) is 5.79. The molecule has 0 spiro atoms. The van der Waals surface area contributed by atoms with E-state index in [0.717, 1.165) is 19.4 Å². The lowest BCUT2D eigenvalue weighted by molar-refractivity contribution is 0.299. The summed E-state index contributed by atoms with van der Waals surface area (Å²) in [5.74, 6) is 1.26. The zero-order valence-electron chi connectivity index (χ0n) is 10.9. The van der Waals surface area contributed by atoms with Crippen LogP contribution in [0.5, 0.6) is 0 Å². The molecule has 0 aromatic carbocycles. The Balaban J connectivity index is 2.53. The Labute approximate surface area is 100 Å². The summed E-state index contributed by atoms with van der Waals surface area (Å²) < 4.78 is 25.1. The van der Waals surface area contributed by atoms with Crippen LogP contribution in [-0.2, 0) is 10.0 Å². The van der Waals surface area contributed by atoms with Gasteiger partial charge in [0.2, 0.25) is 10.0 Å². The van der Waals surface area contributed by atoms with Crippen molar-refractivity contribution in [2.75, 3.05) is 12.8 Å². The third kappa shape index (κ3) is 4.83. The van der Waals surface area contributed by atoms with Crippen LogP contribution in [0.1, 0.15) is 46.5 Å². The van der Waals surface area contributed by atoms with E-state index in [1.807, 2.05) is 6.92 Å². The first-order chi connectivity index (χ1) is 7.30. The minimum atomic E-state index is -3.03. The molecule has 0 bridgehead atoms. The molecule has 0 aromatic heterocycles. The smallest absolute Gasteiger partial charge is 0.211 e. The molecule has 1 fully saturated rings. The van der Waals surface area contributed by atoms with Crippen molar-refractivity contribution in [2.45, 2.75) is 52.5 Å². The molecule has 0 N–H and O–H groups in total. The molecule has 0 saturated heterocycles. The molecule has 0 radical (unpaired) electrons. The summed E-state index contributed by atoms with van der Waals surface area (Å²) in [4.78, 5) is 0. The third-order valence-corrected chi connectivity index (χ3v) is 4.58. The topological polar surface area (TPSA) is 37.4 Å². The average molecular weight is 247 g/mol. The molecule has 16 heavy (non-hydrogen) atoms. The predicted molar refractivity (Wildman–Crippen MR) is 67.8 cm³/mol. The molecule has 0 aromatic rings. The van der Waals surface area contributed by atoms with Crippen LogP contribution in [0, 0.1) is 11.8 Å². The summed E-state index contributed by atoms with van der Waals surface area (Å²) in [5, 5.41) is 0. The highest BCUT2D eigenvalue weighted by atomic mass is 32.2. The number of nitrogens with zero attached hydrogens (tertiary/aromatic N) is 1. The Morgan fingerprint density at radius 3 is 2.12 bits per heavy atom. The minimum Gasteiger partial charge on any atom is -0.212 e. The highest BCUT2D eigenvalue weighted by Gasteiger charge is 2.31. The average Bonchev–Trinajstić information content (AvgIpc) is 2.91. The minimum absolute atomic E-state index is 0.151. The first-order valence-electron chi connectivity index (χ1n) is 6.27. The molecule has 1 atom stereocenters. The zero-order chi connectivity index (χ0) is 12.3. The predicted octanol–water partition coefficient (Wildman–Crippen LogP) is 2.48. The van der Waals surface area contributed by atoms with Gasteiger partial charge in [-0.05, 0) is 44.4 Å². The highest BCUT2D eigenvalue weighted by Crippen LogP contribution is 2.31. The fourth-order valence-corrected chi connectivity index (χ4v) is 3.16. The van der Waals surface area contributed by atoms with Crippen LogP contribution in [0.3, 0.4) is 0 Å². The van der Waals surface area contributed by atoms with E-state index < -0.39 is 10.0 Å². The van der Waals surface area contributed by atoms with E-state index in [4.69, 9.17) is 0 Å². The molecule has 1 aliphatic carbocycles. The van der Waals surface area contributed by atoms with Crippen molar-refractivity contribution in [1.29, 1.82) is 0 Å². The van der Waals surface area contributed by atoms with Crippen molar-refractivity contribution < 1.29 is 8.42 Å². The Morgan fingerprint density at radius 1 is 1.19 bits per heavy atom. The second-order valence-corrected chi connectivity index (χ2v) is 7.53. The van der Waals surface area contributed by atoms with Crippen molar-refractivity contribution in [3.63, 3.8) is 0 Å². The van der Waals surface area contributed by atoms with E-state index in [0.29, 0.717) is 11.8 Å². The van der Waals surface area contributed by atoms with E-state index in [9.17, 15) is 8.42 Å². The summed E-state index contributed by atoms with van der Waals surface area (Å²) in [7, 11) is -3.03. The molecule has 1 saturated carbocycles. The van der Waals surface area contributed by atoms with Gasteiger partial charge in [-0.15, -0.1) is 0 Å². The van der Waals surface area contributed by atoms with Crippen LogP contribution in [0.2, 0.25) is 0 Å². The quantitative estimate of drug-likeness (QED) is 0.693. The molecule has 1 rings (SSSR count). The SMILES string of the molecule is CC(C)CC[C@@H](C)N(CC1CC1)S(C)(=O)=O. The lowest BCUT2D eigenvalue weighted by Crippen LogP contribution is -2.39. The summed E-state index contributed by atoms with van der Waals surface area (Å²) in [6, 6.07) is 0.151. The maximum absolute atomic E-state index is 11.7. The molecule has 96 valence electrons. The number of rotatable bonds is 7. The lowest BCUT2D eigenvalue weighted by Gasteiger charge is -2.27. The van der Waals surface area contributed by atoms with Gasteiger partial charge in [0, 0.05) is 12.6 Å². The number of hydrogen-bond acceptors (Lipinski definition) is 2. The first kappa shape index (κ1) is 14.0. The van der Waals surface area contributed by atoms with Crippen molar-refractivity contribution in [3.8, 4) is 0 Å². The third-order valence-electron chi connectivity index (χ3n) is 3.21. The molecule has 1 aliphatic rings. The monoisotopic (exact) mass is 247 g/mol. The van der Waals surface area contributed by atoms with Gasteiger partial charge in [-0.2, -0.15) is 4.31 Å². The normalized spacial score (nSPS) is 19.4. The van der Waals surface area contributed by atoms with Crippen molar-refractivity contribution in [1.82, 2.24) is 4.31 Å². The lowest BCUT2D eigenvalue weighted by atomic mass is 10.0. The Hall–Kier alpha value is -0.0900. The molecule has 0 aliphatic heterocycles. The van der Waals surface area contributed by atoms with Gasteiger partial charge in [-0.25, -0.2) is 8.42 Å². The van der Waals surface area contributed by atoms with Crippen LogP contribution < -0.4 is 0 Å². The first-order valence-corrected chi connectivity index (χ1v) is 8.12. The van der Waals surface area contributed by atoms with Gasteiger partial charge in [-0.3, -0.25) is 0 Å². The zero-order valence-corrected chi connectivity index (χ0v) is 11.8. The number of sulfonamides is 1. The maximum atomic E-state index is 11.7. The summed E-state index contributed by atoms with van der Waals surface area (Å²) in [6.45, 7) is 7.13. The van der Waals surface area contributed by atoms with E-state index in [1.165, 1.54) is 19.1 Å². The molecule has 0 heterocycles. The molecule has 0 amide bonds. The van der Waals surface area contributed by atoms with Gasteiger partial charge in [-0.1, -0.05) is 13.8 Å². The summed E-state index contributed by atoms with van der Waals surface area (Å²) >= 11 is 0. The van der Waals surface area contributed by atoms with Crippen LogP contribution in [-0.4, -0.2) is 31.6 Å². The van der Waals surface area contributed by atoms with Gasteiger partial charge in [0.05, 0.1) is 6.26 Å². The second-order valence-electron chi connectivity index (χ2n) is 5.60. The fraction of sp³-hybridized carbons (Fsp3) is 1.00. The fourth-order valence-electron chi connectivity index (χ4n) is 1.92. The standard InChI is InChI=1S/C12H25NO2S/c1-10(2)5-6-11(3)13(16(4,14)15)9-12-7-8-12/h10-12H,5-9H2,1-4H3/t11-/m1/s1. The van der Waals surface area contributed by atoms with Crippen molar-refractivity contribution in [3.05, 3.63) is 0 Å². The molecular formula is C12H25NO2S. The molecule has 4 heteroatoms. The van der Waals surface area contributed by atoms with Gasteiger partial charge in [0.15, 0.2) is 0 Å². The van der Waals surface area contributed by atoms with Gasteiger partial charge < -0.3 is 0 Å².